The van der Waals surface area contributed by atoms with E-state index in [1.807, 2.05) is 12.1 Å². The minimum Gasteiger partial charge on any atom is -0.490 e. The third kappa shape index (κ3) is 2.98. The molecule has 0 bridgehead atoms. The zero-order valence-corrected chi connectivity index (χ0v) is 10.9. The van der Waals surface area contributed by atoms with Crippen LogP contribution in [-0.2, 0) is 6.42 Å². The summed E-state index contributed by atoms with van der Waals surface area (Å²) >= 11 is 3.47. The van der Waals surface area contributed by atoms with Gasteiger partial charge in [-0.05, 0) is 55.9 Å². The SMILES string of the molecule is OCCCc1cc(Br)ccc1OC1CCC1. The molecule has 1 aliphatic rings. The van der Waals surface area contributed by atoms with Crippen molar-refractivity contribution in [2.45, 2.75) is 38.2 Å². The highest BCUT2D eigenvalue weighted by Crippen LogP contribution is 2.30. The summed E-state index contributed by atoms with van der Waals surface area (Å²) in [6.07, 6.45) is 5.71. The zero-order chi connectivity index (χ0) is 11.4. The van der Waals surface area contributed by atoms with E-state index in [0.29, 0.717) is 6.10 Å². The Bertz CT molecular complexity index is 348. The third-order valence-corrected chi connectivity index (χ3v) is 3.47. The molecule has 1 aliphatic carbocycles. The van der Waals surface area contributed by atoms with Crippen LogP contribution in [-0.4, -0.2) is 17.8 Å². The van der Waals surface area contributed by atoms with Gasteiger partial charge in [-0.1, -0.05) is 15.9 Å². The van der Waals surface area contributed by atoms with E-state index in [1.165, 1.54) is 24.8 Å². The first-order chi connectivity index (χ1) is 7.79. The van der Waals surface area contributed by atoms with E-state index in [0.717, 1.165) is 23.1 Å². The van der Waals surface area contributed by atoms with Crippen molar-refractivity contribution >= 4 is 15.9 Å². The number of hydrogen-bond donors (Lipinski definition) is 1. The first kappa shape index (κ1) is 11.9. The van der Waals surface area contributed by atoms with Crippen LogP contribution in [0.25, 0.3) is 0 Å². The molecule has 0 aliphatic heterocycles. The second kappa shape index (κ2) is 5.69. The van der Waals surface area contributed by atoms with Crippen LogP contribution < -0.4 is 4.74 Å². The summed E-state index contributed by atoms with van der Waals surface area (Å²) in [5.74, 6) is 0.987. The minimum absolute atomic E-state index is 0.232. The standard InChI is InChI=1S/C13H17BrO2/c14-11-6-7-13(16-12-4-1-5-12)10(9-11)3-2-8-15/h6-7,9,12,15H,1-5,8H2. The molecule has 2 rings (SSSR count). The number of halogens is 1. The first-order valence-electron chi connectivity index (χ1n) is 5.85. The molecule has 0 heterocycles. The van der Waals surface area contributed by atoms with Gasteiger partial charge in [-0.25, -0.2) is 0 Å². The van der Waals surface area contributed by atoms with E-state index in [1.54, 1.807) is 0 Å². The molecule has 0 saturated heterocycles. The predicted molar refractivity (Wildman–Crippen MR) is 67.8 cm³/mol. The highest BCUT2D eigenvalue weighted by Gasteiger charge is 2.20. The maximum absolute atomic E-state index is 8.87. The van der Waals surface area contributed by atoms with Gasteiger partial charge in [-0.2, -0.15) is 0 Å². The van der Waals surface area contributed by atoms with Crippen molar-refractivity contribution in [1.29, 1.82) is 0 Å². The van der Waals surface area contributed by atoms with Crippen LogP contribution >= 0.6 is 15.9 Å². The fourth-order valence-corrected chi connectivity index (χ4v) is 2.20. The lowest BCUT2D eigenvalue weighted by Gasteiger charge is -2.27. The predicted octanol–water partition coefficient (Wildman–Crippen LogP) is 3.31. The molecule has 1 aromatic carbocycles. The average molecular weight is 285 g/mol. The van der Waals surface area contributed by atoms with Gasteiger partial charge in [-0.15, -0.1) is 0 Å². The lowest BCUT2D eigenvalue weighted by atomic mass is 9.96. The Balaban J connectivity index is 2.07. The molecule has 1 aromatic rings. The van der Waals surface area contributed by atoms with E-state index in [9.17, 15) is 0 Å². The van der Waals surface area contributed by atoms with Gasteiger partial charge in [0.25, 0.3) is 0 Å². The molecule has 1 saturated carbocycles. The minimum atomic E-state index is 0.232. The van der Waals surface area contributed by atoms with Crippen molar-refractivity contribution in [3.8, 4) is 5.75 Å². The summed E-state index contributed by atoms with van der Waals surface area (Å²) in [7, 11) is 0. The monoisotopic (exact) mass is 284 g/mol. The molecule has 16 heavy (non-hydrogen) atoms. The summed E-state index contributed by atoms with van der Waals surface area (Å²) in [6, 6.07) is 6.12. The lowest BCUT2D eigenvalue weighted by molar-refractivity contribution is 0.119. The number of hydrogen-bond acceptors (Lipinski definition) is 2. The number of ether oxygens (including phenoxy) is 1. The molecule has 2 nitrogen and oxygen atoms in total. The van der Waals surface area contributed by atoms with Crippen LogP contribution in [0.3, 0.4) is 0 Å². The second-order valence-electron chi connectivity index (χ2n) is 4.25. The Morgan fingerprint density at radius 1 is 1.38 bits per heavy atom. The molecular weight excluding hydrogens is 268 g/mol. The summed E-state index contributed by atoms with van der Waals surface area (Å²) in [4.78, 5) is 0. The molecule has 0 atom stereocenters. The molecule has 0 unspecified atom stereocenters. The summed E-state index contributed by atoms with van der Waals surface area (Å²) in [6.45, 7) is 0.232. The van der Waals surface area contributed by atoms with Gasteiger partial charge in [0.2, 0.25) is 0 Å². The number of aliphatic hydroxyl groups excluding tert-OH is 1. The summed E-state index contributed by atoms with van der Waals surface area (Å²) in [5, 5.41) is 8.87. The van der Waals surface area contributed by atoms with E-state index in [2.05, 4.69) is 22.0 Å². The van der Waals surface area contributed by atoms with Crippen molar-refractivity contribution in [2.75, 3.05) is 6.61 Å². The Labute approximate surface area is 105 Å². The van der Waals surface area contributed by atoms with Crippen LogP contribution in [0.5, 0.6) is 5.75 Å². The summed E-state index contributed by atoms with van der Waals surface area (Å²) < 4.78 is 7.00. The number of aliphatic hydroxyl groups is 1. The van der Waals surface area contributed by atoms with Crippen LogP contribution in [0, 0.1) is 0 Å². The number of benzene rings is 1. The second-order valence-corrected chi connectivity index (χ2v) is 5.17. The van der Waals surface area contributed by atoms with Gasteiger partial charge in [0.1, 0.15) is 5.75 Å². The van der Waals surface area contributed by atoms with Crippen molar-refractivity contribution in [3.05, 3.63) is 28.2 Å². The largest absolute Gasteiger partial charge is 0.490 e. The highest BCUT2D eigenvalue weighted by atomic mass is 79.9. The first-order valence-corrected chi connectivity index (χ1v) is 6.65. The lowest BCUT2D eigenvalue weighted by Crippen LogP contribution is -2.25. The van der Waals surface area contributed by atoms with Gasteiger partial charge >= 0.3 is 0 Å². The quantitative estimate of drug-likeness (QED) is 0.899. The Morgan fingerprint density at radius 2 is 2.19 bits per heavy atom. The zero-order valence-electron chi connectivity index (χ0n) is 9.29. The molecule has 1 N–H and O–H groups in total. The van der Waals surface area contributed by atoms with E-state index < -0.39 is 0 Å². The Hall–Kier alpha value is -0.540. The van der Waals surface area contributed by atoms with Crippen molar-refractivity contribution in [3.63, 3.8) is 0 Å². The number of aryl methyl sites for hydroxylation is 1. The van der Waals surface area contributed by atoms with Gasteiger partial charge < -0.3 is 9.84 Å². The average Bonchev–Trinajstić information content (AvgIpc) is 2.22. The van der Waals surface area contributed by atoms with Gasteiger partial charge in [0.15, 0.2) is 0 Å². The van der Waals surface area contributed by atoms with Crippen LogP contribution in [0.4, 0.5) is 0 Å². The molecule has 88 valence electrons. The van der Waals surface area contributed by atoms with Gasteiger partial charge in [0.05, 0.1) is 6.10 Å². The molecule has 3 heteroatoms. The molecule has 1 fully saturated rings. The molecular formula is C13H17BrO2. The van der Waals surface area contributed by atoms with Crippen molar-refractivity contribution in [2.24, 2.45) is 0 Å². The van der Waals surface area contributed by atoms with Crippen LogP contribution in [0.15, 0.2) is 22.7 Å². The Morgan fingerprint density at radius 3 is 2.81 bits per heavy atom. The smallest absolute Gasteiger partial charge is 0.122 e. The van der Waals surface area contributed by atoms with Crippen LogP contribution in [0.1, 0.15) is 31.2 Å². The molecule has 0 radical (unpaired) electrons. The highest BCUT2D eigenvalue weighted by molar-refractivity contribution is 9.10. The maximum Gasteiger partial charge on any atom is 0.122 e. The van der Waals surface area contributed by atoms with E-state index in [-0.39, 0.29) is 6.61 Å². The van der Waals surface area contributed by atoms with Gasteiger partial charge in [-0.3, -0.25) is 0 Å². The summed E-state index contributed by atoms with van der Waals surface area (Å²) in [5.41, 5.74) is 1.19. The van der Waals surface area contributed by atoms with E-state index in [4.69, 9.17) is 9.84 Å². The Kier molecular flexibility index (Phi) is 4.24. The van der Waals surface area contributed by atoms with E-state index >= 15 is 0 Å². The van der Waals surface area contributed by atoms with Crippen LogP contribution in [0.2, 0.25) is 0 Å². The number of rotatable bonds is 5. The fraction of sp³-hybridized carbons (Fsp3) is 0.538. The normalized spacial score (nSPS) is 15.9. The third-order valence-electron chi connectivity index (χ3n) is 2.97. The van der Waals surface area contributed by atoms with Crippen molar-refractivity contribution in [1.82, 2.24) is 0 Å². The molecule has 0 amide bonds. The molecule has 0 aromatic heterocycles. The topological polar surface area (TPSA) is 29.5 Å². The molecule has 0 spiro atoms. The van der Waals surface area contributed by atoms with Crippen molar-refractivity contribution < 1.29 is 9.84 Å². The maximum atomic E-state index is 8.87. The van der Waals surface area contributed by atoms with Gasteiger partial charge in [0, 0.05) is 11.1 Å². The fourth-order valence-electron chi connectivity index (χ4n) is 1.80.